The van der Waals surface area contributed by atoms with Gasteiger partial charge in [0, 0.05) is 6.42 Å². The Morgan fingerprint density at radius 2 is 1.26 bits per heavy atom. The van der Waals surface area contributed by atoms with Gasteiger partial charge in [-0.15, -0.1) is 0 Å². The quantitative estimate of drug-likeness (QED) is 0.196. The van der Waals surface area contributed by atoms with Crippen molar-refractivity contribution in [2.24, 2.45) is 0 Å². The molecule has 0 unspecified atom stereocenters. The van der Waals surface area contributed by atoms with Gasteiger partial charge in [0.1, 0.15) is 0 Å². The summed E-state index contributed by atoms with van der Waals surface area (Å²) in [6.07, 6.45) is 22.5. The first-order chi connectivity index (χ1) is 13.0. The molecule has 1 rings (SSSR count). The van der Waals surface area contributed by atoms with Gasteiger partial charge < -0.3 is 9.38 Å². The van der Waals surface area contributed by atoms with Crippen LogP contribution in [0.3, 0.4) is 0 Å². The van der Waals surface area contributed by atoms with Gasteiger partial charge in [0.2, 0.25) is 5.91 Å². The molecule has 0 aromatic carbocycles. The molecule has 0 aromatic heterocycles. The van der Waals surface area contributed by atoms with Gasteiger partial charge in [-0.25, -0.2) is 0 Å². The minimum absolute atomic E-state index is 0.382. The highest BCUT2D eigenvalue weighted by Crippen LogP contribution is 2.12. The molecule has 1 saturated heterocycles. The van der Waals surface area contributed by atoms with Crippen molar-refractivity contribution in [1.29, 1.82) is 0 Å². The lowest BCUT2D eigenvalue weighted by molar-refractivity contribution is -0.894. The molecule has 3 heteroatoms. The molecule has 0 aromatic rings. The van der Waals surface area contributed by atoms with E-state index in [1.54, 1.807) is 0 Å². The molecule has 0 bridgehead atoms. The summed E-state index contributed by atoms with van der Waals surface area (Å²) in [5.41, 5.74) is 0. The summed E-state index contributed by atoms with van der Waals surface area (Å²) in [7, 11) is 4.51. The molecule has 1 fully saturated rings. The summed E-state index contributed by atoms with van der Waals surface area (Å²) in [5.74, 6) is 0.382. The number of hydrogen-bond donors (Lipinski definition) is 0. The Morgan fingerprint density at radius 1 is 0.778 bits per heavy atom. The van der Waals surface area contributed by atoms with Crippen LogP contribution in [0, 0.1) is 0 Å². The molecule has 1 heterocycles. The third kappa shape index (κ3) is 13.1. The third-order valence-corrected chi connectivity index (χ3v) is 5.96. The summed E-state index contributed by atoms with van der Waals surface area (Å²) < 4.78 is 1.05. The summed E-state index contributed by atoms with van der Waals surface area (Å²) in [6.45, 7) is 6.35. The van der Waals surface area contributed by atoms with Crippen LogP contribution in [-0.4, -0.2) is 55.6 Å². The number of carbonyl (C=O) groups is 1. The van der Waals surface area contributed by atoms with Gasteiger partial charge >= 0.3 is 0 Å². The molecule has 1 aliphatic heterocycles. The van der Waals surface area contributed by atoms with E-state index in [0.717, 1.165) is 43.5 Å². The largest absolute Gasteiger partial charge is 0.331 e. The smallest absolute Gasteiger partial charge is 0.222 e. The summed E-state index contributed by atoms with van der Waals surface area (Å²) >= 11 is 0. The van der Waals surface area contributed by atoms with Crippen LogP contribution >= 0.6 is 0 Å². The molecular weight excluding hydrogens is 332 g/mol. The molecule has 0 atom stereocenters. The van der Waals surface area contributed by atoms with Crippen molar-refractivity contribution in [2.75, 3.05) is 40.3 Å². The third-order valence-electron chi connectivity index (χ3n) is 5.96. The highest BCUT2D eigenvalue weighted by Gasteiger charge is 2.26. The van der Waals surface area contributed by atoms with E-state index in [2.05, 4.69) is 38.1 Å². The molecular formula is C24H47N2O+. The van der Waals surface area contributed by atoms with Gasteiger partial charge in [0.15, 0.2) is 0 Å². The van der Waals surface area contributed by atoms with Gasteiger partial charge in [-0.05, 0) is 32.1 Å². The highest BCUT2D eigenvalue weighted by molar-refractivity contribution is 5.76. The van der Waals surface area contributed by atoms with Crippen molar-refractivity contribution < 1.29 is 9.28 Å². The lowest BCUT2D eigenvalue weighted by atomic mass is 10.1. The average Bonchev–Trinajstić information content (AvgIpc) is 2.64. The SMILES string of the molecule is CCCCCCCC/C=C/CCCCCCCC(=O)N1CC[N+](C)(C)CC1. The van der Waals surface area contributed by atoms with E-state index in [0.29, 0.717) is 5.91 Å². The first-order valence-corrected chi connectivity index (χ1v) is 11.8. The number of likely N-dealkylation sites (N-methyl/N-ethyl adjacent to an activating group) is 1. The number of piperazine rings is 1. The van der Waals surface area contributed by atoms with Crippen molar-refractivity contribution in [3.05, 3.63) is 12.2 Å². The predicted molar refractivity (Wildman–Crippen MR) is 118 cm³/mol. The van der Waals surface area contributed by atoms with Crippen LogP contribution in [0.15, 0.2) is 12.2 Å². The van der Waals surface area contributed by atoms with E-state index in [1.165, 1.54) is 77.0 Å². The van der Waals surface area contributed by atoms with Crippen LogP contribution in [0.1, 0.15) is 96.8 Å². The fourth-order valence-corrected chi connectivity index (χ4v) is 3.76. The molecule has 0 aliphatic carbocycles. The number of quaternary nitrogens is 1. The summed E-state index contributed by atoms with van der Waals surface area (Å²) in [4.78, 5) is 14.3. The molecule has 1 amide bonds. The fourth-order valence-electron chi connectivity index (χ4n) is 3.76. The Morgan fingerprint density at radius 3 is 1.81 bits per heavy atom. The summed E-state index contributed by atoms with van der Waals surface area (Å²) in [6, 6.07) is 0. The first-order valence-electron chi connectivity index (χ1n) is 11.8. The number of allylic oxidation sites excluding steroid dienone is 2. The normalized spacial score (nSPS) is 16.9. The predicted octanol–water partition coefficient (Wildman–Crippen LogP) is 5.94. The second-order valence-corrected chi connectivity index (χ2v) is 9.10. The van der Waals surface area contributed by atoms with E-state index >= 15 is 0 Å². The van der Waals surface area contributed by atoms with Crippen LogP contribution in [0.25, 0.3) is 0 Å². The van der Waals surface area contributed by atoms with Crippen LogP contribution in [-0.2, 0) is 4.79 Å². The molecule has 0 saturated carbocycles. The average molecular weight is 380 g/mol. The van der Waals surface area contributed by atoms with E-state index < -0.39 is 0 Å². The van der Waals surface area contributed by atoms with Crippen LogP contribution in [0.2, 0.25) is 0 Å². The van der Waals surface area contributed by atoms with Gasteiger partial charge in [0.25, 0.3) is 0 Å². The number of nitrogens with zero attached hydrogens (tertiary/aromatic N) is 2. The molecule has 0 N–H and O–H groups in total. The maximum atomic E-state index is 12.3. The monoisotopic (exact) mass is 379 g/mol. The Bertz CT molecular complexity index is 393. The molecule has 158 valence electrons. The van der Waals surface area contributed by atoms with E-state index in [4.69, 9.17) is 0 Å². The van der Waals surface area contributed by atoms with Gasteiger partial charge in [-0.3, -0.25) is 4.79 Å². The zero-order valence-corrected chi connectivity index (χ0v) is 18.7. The van der Waals surface area contributed by atoms with Crippen LogP contribution in [0.4, 0.5) is 0 Å². The summed E-state index contributed by atoms with van der Waals surface area (Å²) in [5, 5.41) is 0. The number of rotatable bonds is 15. The Labute approximate surface area is 169 Å². The Kier molecular flexibility index (Phi) is 13.6. The lowest BCUT2D eigenvalue weighted by Crippen LogP contribution is -2.56. The van der Waals surface area contributed by atoms with Crippen LogP contribution < -0.4 is 0 Å². The lowest BCUT2D eigenvalue weighted by Gasteiger charge is -2.39. The van der Waals surface area contributed by atoms with E-state index in [1.807, 2.05) is 0 Å². The topological polar surface area (TPSA) is 20.3 Å². The number of amides is 1. The van der Waals surface area contributed by atoms with Crippen molar-refractivity contribution in [3.8, 4) is 0 Å². The minimum Gasteiger partial charge on any atom is -0.331 e. The highest BCUT2D eigenvalue weighted by atomic mass is 16.2. The zero-order valence-electron chi connectivity index (χ0n) is 18.7. The Balaban J connectivity index is 1.85. The van der Waals surface area contributed by atoms with Gasteiger partial charge in [-0.2, -0.15) is 0 Å². The molecule has 0 radical (unpaired) electrons. The second-order valence-electron chi connectivity index (χ2n) is 9.10. The molecule has 1 aliphatic rings. The zero-order chi connectivity index (χ0) is 19.8. The minimum atomic E-state index is 0.382. The van der Waals surface area contributed by atoms with Crippen LogP contribution in [0.5, 0.6) is 0 Å². The number of unbranched alkanes of at least 4 members (excludes halogenated alkanes) is 11. The number of hydrogen-bond acceptors (Lipinski definition) is 1. The number of carbonyl (C=O) groups excluding carboxylic acids is 1. The van der Waals surface area contributed by atoms with Crippen molar-refractivity contribution in [3.63, 3.8) is 0 Å². The maximum absolute atomic E-state index is 12.3. The molecule has 3 nitrogen and oxygen atoms in total. The van der Waals surface area contributed by atoms with Gasteiger partial charge in [0.05, 0.1) is 40.3 Å². The first kappa shape index (κ1) is 24.2. The van der Waals surface area contributed by atoms with Gasteiger partial charge in [-0.1, -0.05) is 70.4 Å². The van der Waals surface area contributed by atoms with Crippen molar-refractivity contribution >= 4 is 5.91 Å². The van der Waals surface area contributed by atoms with Crippen molar-refractivity contribution in [1.82, 2.24) is 4.90 Å². The fraction of sp³-hybridized carbons (Fsp3) is 0.875. The van der Waals surface area contributed by atoms with Crippen molar-refractivity contribution in [2.45, 2.75) is 96.8 Å². The van der Waals surface area contributed by atoms with E-state index in [9.17, 15) is 4.79 Å². The maximum Gasteiger partial charge on any atom is 0.222 e. The Hall–Kier alpha value is -0.830. The van der Waals surface area contributed by atoms with E-state index in [-0.39, 0.29) is 0 Å². The molecule has 0 spiro atoms. The standard InChI is InChI=1S/C24H47N2O/c1-4-5-6-7-8-9-10-11-12-13-14-15-16-17-18-19-24(27)25-20-22-26(2,3)23-21-25/h11-12H,4-10,13-23H2,1-3H3/q+1/b12-11+. The molecule has 27 heavy (non-hydrogen) atoms. The second kappa shape index (κ2) is 15.1.